The van der Waals surface area contributed by atoms with E-state index in [1.54, 1.807) is 0 Å². The lowest BCUT2D eigenvalue weighted by molar-refractivity contribution is 0.150. The van der Waals surface area contributed by atoms with E-state index < -0.39 is 0 Å². The predicted molar refractivity (Wildman–Crippen MR) is 84.8 cm³/mol. The normalized spacial score (nSPS) is 18.2. The topological polar surface area (TPSA) is 0 Å². The molecule has 0 aromatic heterocycles. The van der Waals surface area contributed by atoms with E-state index in [1.165, 1.54) is 19.3 Å². The molecule has 0 aromatic rings. The molecule has 110 valence electrons. The van der Waals surface area contributed by atoms with Gasteiger partial charge in [-0.15, -0.1) is 0 Å². The summed E-state index contributed by atoms with van der Waals surface area (Å²) in [6.45, 7) is 21.6. The van der Waals surface area contributed by atoms with Gasteiger partial charge in [-0.2, -0.15) is 0 Å². The maximum absolute atomic E-state index is 2.48. The molecule has 0 aliphatic heterocycles. The van der Waals surface area contributed by atoms with Crippen LogP contribution in [0, 0.1) is 35.0 Å². The first-order valence-corrected chi connectivity index (χ1v) is 8.03. The average molecular weight is 255 g/mol. The van der Waals surface area contributed by atoms with Crippen LogP contribution in [0.15, 0.2) is 0 Å². The van der Waals surface area contributed by atoms with Crippen LogP contribution >= 0.6 is 0 Å². The van der Waals surface area contributed by atoms with Crippen molar-refractivity contribution in [2.75, 3.05) is 0 Å². The van der Waals surface area contributed by atoms with Crippen LogP contribution in [-0.2, 0) is 0 Å². The van der Waals surface area contributed by atoms with Crippen molar-refractivity contribution in [2.45, 2.75) is 81.6 Å². The van der Waals surface area contributed by atoms with Crippen molar-refractivity contribution in [3.05, 3.63) is 0 Å². The first kappa shape index (κ1) is 18.0. The third-order valence-corrected chi connectivity index (χ3v) is 3.98. The second-order valence-electron chi connectivity index (χ2n) is 8.64. The molecule has 0 heterocycles. The van der Waals surface area contributed by atoms with Gasteiger partial charge in [-0.25, -0.2) is 0 Å². The van der Waals surface area contributed by atoms with E-state index in [0.29, 0.717) is 5.41 Å². The van der Waals surface area contributed by atoms with E-state index in [2.05, 4.69) is 62.3 Å². The van der Waals surface area contributed by atoms with Gasteiger partial charge in [0.2, 0.25) is 0 Å². The zero-order valence-electron chi connectivity index (χ0n) is 14.5. The van der Waals surface area contributed by atoms with Crippen LogP contribution in [0.2, 0.25) is 0 Å². The summed E-state index contributed by atoms with van der Waals surface area (Å²) in [4.78, 5) is 0. The first-order valence-electron chi connectivity index (χ1n) is 8.03. The van der Waals surface area contributed by atoms with E-state index in [0.717, 1.165) is 29.6 Å². The Kier molecular flexibility index (Phi) is 7.56. The van der Waals surface area contributed by atoms with Crippen LogP contribution in [0.3, 0.4) is 0 Å². The molecule has 0 aliphatic carbocycles. The molecule has 0 nitrogen and oxygen atoms in total. The van der Waals surface area contributed by atoms with Crippen molar-refractivity contribution in [2.24, 2.45) is 35.0 Å². The summed E-state index contributed by atoms with van der Waals surface area (Å²) in [6.07, 6.45) is 4.13. The molecule has 0 fully saturated rings. The van der Waals surface area contributed by atoms with E-state index >= 15 is 0 Å². The standard InChI is InChI=1S/C18H38/c1-13(2)10-15(5)17(11-14(3)4)16(6)12-18(7,8)9/h13-17H,10-12H2,1-9H3. The minimum atomic E-state index is 0.464. The van der Waals surface area contributed by atoms with Gasteiger partial charge >= 0.3 is 0 Å². The Bertz CT molecular complexity index is 207. The third kappa shape index (κ3) is 8.16. The SMILES string of the molecule is CC(C)CC(C)C(CC(C)C)C(C)CC(C)(C)C. The molecule has 0 aliphatic rings. The molecule has 0 spiro atoms. The van der Waals surface area contributed by atoms with Gasteiger partial charge in [0.15, 0.2) is 0 Å². The Morgan fingerprint density at radius 1 is 0.667 bits per heavy atom. The monoisotopic (exact) mass is 254 g/mol. The quantitative estimate of drug-likeness (QED) is 0.493. The van der Waals surface area contributed by atoms with Crippen molar-refractivity contribution in [3.8, 4) is 0 Å². The van der Waals surface area contributed by atoms with Crippen LogP contribution in [0.4, 0.5) is 0 Å². The molecule has 0 N–H and O–H groups in total. The van der Waals surface area contributed by atoms with Crippen molar-refractivity contribution in [1.82, 2.24) is 0 Å². The van der Waals surface area contributed by atoms with Crippen molar-refractivity contribution >= 4 is 0 Å². The summed E-state index contributed by atoms with van der Waals surface area (Å²) in [6, 6.07) is 0. The summed E-state index contributed by atoms with van der Waals surface area (Å²) < 4.78 is 0. The highest BCUT2D eigenvalue weighted by molar-refractivity contribution is 4.78. The number of hydrogen-bond acceptors (Lipinski definition) is 0. The third-order valence-electron chi connectivity index (χ3n) is 3.98. The Morgan fingerprint density at radius 3 is 1.44 bits per heavy atom. The first-order chi connectivity index (χ1) is 8.03. The Labute approximate surface area is 117 Å². The Balaban J connectivity index is 4.65. The van der Waals surface area contributed by atoms with E-state index in [1.807, 2.05) is 0 Å². The van der Waals surface area contributed by atoms with Crippen molar-refractivity contribution < 1.29 is 0 Å². The molecule has 18 heavy (non-hydrogen) atoms. The molecule has 0 heteroatoms. The lowest BCUT2D eigenvalue weighted by atomic mass is 9.70. The Morgan fingerprint density at radius 2 is 1.11 bits per heavy atom. The summed E-state index contributed by atoms with van der Waals surface area (Å²) in [5, 5.41) is 0. The maximum Gasteiger partial charge on any atom is -0.0360 e. The predicted octanol–water partition coefficient (Wildman–Crippen LogP) is 6.40. The highest BCUT2D eigenvalue weighted by Gasteiger charge is 2.28. The molecule has 0 saturated heterocycles. The van der Waals surface area contributed by atoms with Crippen molar-refractivity contribution in [3.63, 3.8) is 0 Å². The van der Waals surface area contributed by atoms with E-state index in [4.69, 9.17) is 0 Å². The van der Waals surface area contributed by atoms with Crippen molar-refractivity contribution in [1.29, 1.82) is 0 Å². The second-order valence-corrected chi connectivity index (χ2v) is 8.64. The summed E-state index contributed by atoms with van der Waals surface area (Å²) in [5.74, 6) is 4.26. The van der Waals surface area contributed by atoms with Gasteiger partial charge in [0, 0.05) is 0 Å². The lowest BCUT2D eigenvalue weighted by Crippen LogP contribution is -2.26. The molecule has 0 bridgehead atoms. The Hall–Kier alpha value is 0. The largest absolute Gasteiger partial charge is 0.0628 e. The fourth-order valence-electron chi connectivity index (χ4n) is 3.61. The molecule has 0 amide bonds. The number of hydrogen-bond donors (Lipinski definition) is 0. The van der Waals surface area contributed by atoms with Crippen LogP contribution in [0.5, 0.6) is 0 Å². The minimum absolute atomic E-state index is 0.464. The molecular weight excluding hydrogens is 216 g/mol. The molecule has 3 unspecified atom stereocenters. The summed E-state index contributed by atoms with van der Waals surface area (Å²) in [5.41, 5.74) is 0.464. The molecule has 0 radical (unpaired) electrons. The number of rotatable bonds is 7. The average Bonchev–Trinajstić information content (AvgIpc) is 2.09. The zero-order valence-corrected chi connectivity index (χ0v) is 14.5. The van der Waals surface area contributed by atoms with Gasteiger partial charge in [-0.05, 0) is 54.3 Å². The fraction of sp³-hybridized carbons (Fsp3) is 1.00. The lowest BCUT2D eigenvalue weighted by Gasteiger charge is -2.35. The molecule has 0 aromatic carbocycles. The fourth-order valence-corrected chi connectivity index (χ4v) is 3.61. The van der Waals surface area contributed by atoms with E-state index in [-0.39, 0.29) is 0 Å². The maximum atomic E-state index is 2.48. The van der Waals surface area contributed by atoms with Gasteiger partial charge in [-0.3, -0.25) is 0 Å². The van der Waals surface area contributed by atoms with Gasteiger partial charge < -0.3 is 0 Å². The minimum Gasteiger partial charge on any atom is -0.0628 e. The van der Waals surface area contributed by atoms with Gasteiger partial charge in [0.25, 0.3) is 0 Å². The van der Waals surface area contributed by atoms with Crippen LogP contribution in [0.25, 0.3) is 0 Å². The summed E-state index contributed by atoms with van der Waals surface area (Å²) in [7, 11) is 0. The van der Waals surface area contributed by atoms with E-state index in [9.17, 15) is 0 Å². The van der Waals surface area contributed by atoms with Crippen LogP contribution < -0.4 is 0 Å². The highest BCUT2D eigenvalue weighted by atomic mass is 14.3. The molecular formula is C18H38. The van der Waals surface area contributed by atoms with Crippen LogP contribution in [0.1, 0.15) is 81.6 Å². The highest BCUT2D eigenvalue weighted by Crippen LogP contribution is 2.37. The van der Waals surface area contributed by atoms with Crippen LogP contribution in [-0.4, -0.2) is 0 Å². The summed E-state index contributed by atoms with van der Waals surface area (Å²) >= 11 is 0. The molecule has 3 atom stereocenters. The van der Waals surface area contributed by atoms with Gasteiger partial charge in [0.1, 0.15) is 0 Å². The zero-order chi connectivity index (χ0) is 14.5. The molecule has 0 saturated carbocycles. The van der Waals surface area contributed by atoms with Gasteiger partial charge in [0.05, 0.1) is 0 Å². The smallest absolute Gasteiger partial charge is 0.0360 e. The second kappa shape index (κ2) is 7.56. The van der Waals surface area contributed by atoms with Gasteiger partial charge in [-0.1, -0.05) is 62.3 Å². The molecule has 0 rings (SSSR count).